The van der Waals surface area contributed by atoms with E-state index in [-0.39, 0.29) is 11.9 Å². The summed E-state index contributed by atoms with van der Waals surface area (Å²) in [5.74, 6) is -0.105. The Balaban J connectivity index is 3.94. The Morgan fingerprint density at radius 2 is 0.754 bits per heavy atom. The van der Waals surface area contributed by atoms with Crippen molar-refractivity contribution in [2.24, 2.45) is 0 Å². The smallest absolute Gasteiger partial charge is 0.305 e. The Bertz CT molecular complexity index is 990. The van der Waals surface area contributed by atoms with Gasteiger partial charge in [0.25, 0.3) is 0 Å². The summed E-state index contributed by atoms with van der Waals surface area (Å²) in [4.78, 5) is 26.6. The zero-order valence-electron chi connectivity index (χ0n) is 40.9. The lowest BCUT2D eigenvalue weighted by Gasteiger charge is -2.29. The van der Waals surface area contributed by atoms with Crippen molar-refractivity contribution < 1.29 is 24.2 Å². The SMILES string of the molecule is CCCCC/C=C\C/C=C\CCCCCCCC(=O)OCCCCCCC(O)(CCCCCCOC(=O)CCCCCCC/C=C\C/C=C\CCCCC)CCCCN(C)C. The fourth-order valence-corrected chi connectivity index (χ4v) is 7.75. The number of unbranched alkanes of at least 4 members (excludes halogenated alkanes) is 23. The Morgan fingerprint density at radius 3 is 1.15 bits per heavy atom. The second-order valence-corrected chi connectivity index (χ2v) is 18.2. The van der Waals surface area contributed by atoms with Crippen LogP contribution in [0.25, 0.3) is 0 Å². The van der Waals surface area contributed by atoms with Crippen LogP contribution in [0, 0.1) is 0 Å². The van der Waals surface area contributed by atoms with E-state index in [1.54, 1.807) is 0 Å². The maximum absolute atomic E-state index is 12.2. The molecule has 0 fully saturated rings. The fourth-order valence-electron chi connectivity index (χ4n) is 7.75. The lowest BCUT2D eigenvalue weighted by atomic mass is 9.85. The first-order valence-electron chi connectivity index (χ1n) is 26.1. The lowest BCUT2D eigenvalue weighted by molar-refractivity contribution is -0.144. The van der Waals surface area contributed by atoms with Gasteiger partial charge in [-0.25, -0.2) is 0 Å². The molecular formula is C55H101NO5. The van der Waals surface area contributed by atoms with E-state index < -0.39 is 5.60 Å². The summed E-state index contributed by atoms with van der Waals surface area (Å²) in [6, 6.07) is 0. The maximum Gasteiger partial charge on any atom is 0.305 e. The highest BCUT2D eigenvalue weighted by Crippen LogP contribution is 2.28. The third-order valence-corrected chi connectivity index (χ3v) is 11.8. The van der Waals surface area contributed by atoms with Crippen molar-refractivity contribution in [1.82, 2.24) is 4.90 Å². The third-order valence-electron chi connectivity index (χ3n) is 11.8. The predicted molar refractivity (Wildman–Crippen MR) is 264 cm³/mol. The average molecular weight is 856 g/mol. The molecule has 0 aliphatic heterocycles. The molecular weight excluding hydrogens is 755 g/mol. The molecule has 0 saturated heterocycles. The molecule has 0 spiro atoms. The average Bonchev–Trinajstić information content (AvgIpc) is 3.24. The van der Waals surface area contributed by atoms with Crippen molar-refractivity contribution in [2.45, 2.75) is 257 Å². The van der Waals surface area contributed by atoms with Crippen molar-refractivity contribution >= 4 is 11.9 Å². The number of aliphatic hydroxyl groups is 1. The molecule has 0 aromatic rings. The van der Waals surface area contributed by atoms with Gasteiger partial charge in [0.1, 0.15) is 0 Å². The Labute approximate surface area is 379 Å². The van der Waals surface area contributed by atoms with Crippen LogP contribution in [0.5, 0.6) is 0 Å². The van der Waals surface area contributed by atoms with Gasteiger partial charge in [-0.15, -0.1) is 0 Å². The van der Waals surface area contributed by atoms with Gasteiger partial charge < -0.3 is 19.5 Å². The minimum atomic E-state index is -0.603. The van der Waals surface area contributed by atoms with Gasteiger partial charge in [0.2, 0.25) is 0 Å². The van der Waals surface area contributed by atoms with E-state index in [1.165, 1.54) is 89.9 Å². The molecule has 356 valence electrons. The number of nitrogens with zero attached hydrogens (tertiary/aromatic N) is 1. The number of hydrogen-bond acceptors (Lipinski definition) is 6. The van der Waals surface area contributed by atoms with Gasteiger partial charge in [-0.2, -0.15) is 0 Å². The number of ether oxygens (including phenoxy) is 2. The Hall–Kier alpha value is -2.18. The number of rotatable bonds is 47. The van der Waals surface area contributed by atoms with E-state index in [1.807, 2.05) is 0 Å². The van der Waals surface area contributed by atoms with Gasteiger partial charge in [-0.05, 0) is 143 Å². The van der Waals surface area contributed by atoms with Gasteiger partial charge >= 0.3 is 11.9 Å². The fraction of sp³-hybridized carbons (Fsp3) is 0.818. The lowest BCUT2D eigenvalue weighted by Crippen LogP contribution is -2.29. The van der Waals surface area contributed by atoms with Crippen LogP contribution < -0.4 is 0 Å². The molecule has 0 unspecified atom stereocenters. The molecule has 0 heterocycles. The minimum Gasteiger partial charge on any atom is -0.466 e. The highest BCUT2D eigenvalue weighted by Gasteiger charge is 2.25. The summed E-state index contributed by atoms with van der Waals surface area (Å²) in [5, 5.41) is 11.6. The molecule has 0 bridgehead atoms. The first kappa shape index (κ1) is 58.8. The molecule has 0 atom stereocenters. The maximum atomic E-state index is 12.2. The number of carbonyl (C=O) groups excluding carboxylic acids is 2. The summed E-state index contributed by atoms with van der Waals surface area (Å²) < 4.78 is 11.0. The molecule has 0 saturated carbocycles. The van der Waals surface area contributed by atoms with Crippen molar-refractivity contribution in [2.75, 3.05) is 33.9 Å². The second-order valence-electron chi connectivity index (χ2n) is 18.2. The van der Waals surface area contributed by atoms with Crippen LogP contribution in [-0.2, 0) is 19.1 Å². The van der Waals surface area contributed by atoms with E-state index in [0.717, 1.165) is 141 Å². The van der Waals surface area contributed by atoms with E-state index in [0.29, 0.717) is 26.1 Å². The molecule has 0 aliphatic carbocycles. The molecule has 0 radical (unpaired) electrons. The van der Waals surface area contributed by atoms with Crippen molar-refractivity contribution in [3.05, 3.63) is 48.6 Å². The van der Waals surface area contributed by atoms with E-state index in [2.05, 4.69) is 81.5 Å². The van der Waals surface area contributed by atoms with Gasteiger partial charge in [-0.3, -0.25) is 9.59 Å². The standard InChI is InChI=1S/C55H101NO5/c1-5-7-9-11-13-15-17-19-21-23-25-27-29-31-37-45-53(57)60-51-43-35-33-39-47-55(59,49-41-42-50-56(3)4)48-40-34-36-44-52-61-54(58)46-38-32-30-28-26-24-22-20-18-16-14-12-10-8-6-2/h13-16,19-22,59H,5-12,17-18,23-52H2,1-4H3/b15-13-,16-14-,21-19-,22-20-. The first-order valence-corrected chi connectivity index (χ1v) is 26.1. The van der Waals surface area contributed by atoms with Crippen LogP contribution in [0.3, 0.4) is 0 Å². The first-order chi connectivity index (χ1) is 29.8. The molecule has 6 heteroatoms. The van der Waals surface area contributed by atoms with Crippen LogP contribution in [-0.4, -0.2) is 61.4 Å². The molecule has 0 aromatic carbocycles. The molecule has 0 rings (SSSR count). The molecule has 1 N–H and O–H groups in total. The van der Waals surface area contributed by atoms with Crippen LogP contribution in [0.1, 0.15) is 251 Å². The van der Waals surface area contributed by atoms with Gasteiger partial charge in [0.15, 0.2) is 0 Å². The zero-order valence-corrected chi connectivity index (χ0v) is 40.9. The van der Waals surface area contributed by atoms with Crippen LogP contribution in [0.15, 0.2) is 48.6 Å². The summed E-state index contributed by atoms with van der Waals surface area (Å²) in [5.41, 5.74) is -0.603. The molecule has 61 heavy (non-hydrogen) atoms. The monoisotopic (exact) mass is 856 g/mol. The van der Waals surface area contributed by atoms with Gasteiger partial charge in [-0.1, -0.05) is 165 Å². The van der Waals surface area contributed by atoms with Crippen molar-refractivity contribution in [3.63, 3.8) is 0 Å². The summed E-state index contributed by atoms with van der Waals surface area (Å²) in [7, 11) is 4.21. The van der Waals surface area contributed by atoms with Gasteiger partial charge in [0, 0.05) is 12.8 Å². The van der Waals surface area contributed by atoms with E-state index in [4.69, 9.17) is 9.47 Å². The van der Waals surface area contributed by atoms with Crippen LogP contribution in [0.4, 0.5) is 0 Å². The number of hydrogen-bond donors (Lipinski definition) is 1. The number of allylic oxidation sites excluding steroid dienone is 8. The minimum absolute atomic E-state index is 0.0525. The number of esters is 2. The largest absolute Gasteiger partial charge is 0.466 e. The normalized spacial score (nSPS) is 12.4. The Morgan fingerprint density at radius 1 is 0.426 bits per heavy atom. The van der Waals surface area contributed by atoms with E-state index in [9.17, 15) is 14.7 Å². The van der Waals surface area contributed by atoms with Crippen molar-refractivity contribution in [1.29, 1.82) is 0 Å². The van der Waals surface area contributed by atoms with Crippen LogP contribution in [0.2, 0.25) is 0 Å². The highest BCUT2D eigenvalue weighted by molar-refractivity contribution is 5.69. The summed E-state index contributed by atoms with van der Waals surface area (Å²) in [6.07, 6.45) is 58.2. The molecule has 6 nitrogen and oxygen atoms in total. The zero-order chi connectivity index (χ0) is 44.6. The Kier molecular flexibility index (Phi) is 45.6. The predicted octanol–water partition coefficient (Wildman–Crippen LogP) is 16.1. The highest BCUT2D eigenvalue weighted by atomic mass is 16.5. The topological polar surface area (TPSA) is 76.1 Å². The summed E-state index contributed by atoms with van der Waals surface area (Å²) >= 11 is 0. The van der Waals surface area contributed by atoms with Crippen molar-refractivity contribution in [3.8, 4) is 0 Å². The quantitative estimate of drug-likeness (QED) is 0.0373. The second kappa shape index (κ2) is 47.3. The number of carbonyl (C=O) groups is 2. The molecule has 0 amide bonds. The van der Waals surface area contributed by atoms with E-state index >= 15 is 0 Å². The van der Waals surface area contributed by atoms with Gasteiger partial charge in [0.05, 0.1) is 18.8 Å². The molecule has 0 aromatic heterocycles. The van der Waals surface area contributed by atoms with Crippen LogP contribution >= 0.6 is 0 Å². The third kappa shape index (κ3) is 47.1. The molecule has 0 aliphatic rings. The summed E-state index contributed by atoms with van der Waals surface area (Å²) in [6.45, 7) is 6.58.